The van der Waals surface area contributed by atoms with E-state index in [0.29, 0.717) is 23.1 Å². The smallest absolute Gasteiger partial charge is 0.401 e. The minimum atomic E-state index is -4.61. The van der Waals surface area contributed by atoms with Gasteiger partial charge in [-0.15, -0.1) is 0 Å². The fourth-order valence-electron chi connectivity index (χ4n) is 1.30. The van der Waals surface area contributed by atoms with Crippen LogP contribution in [-0.4, -0.2) is 32.5 Å². The number of aliphatic carboxylic acids is 1. The highest BCUT2D eigenvalue weighted by Gasteiger charge is 2.42. The minimum Gasteiger partial charge on any atom is -0.481 e. The Morgan fingerprint density at radius 1 is 1.26 bits per heavy atom. The highest BCUT2D eigenvalue weighted by molar-refractivity contribution is 7.99. The van der Waals surface area contributed by atoms with Crippen LogP contribution in [0, 0.1) is 20.8 Å². The monoisotopic (exact) mass is 294 g/mol. The molecule has 0 aliphatic carbocycles. The number of aromatic nitrogens is 2. The Kier molecular flexibility index (Phi) is 4.78. The van der Waals surface area contributed by atoms with E-state index < -0.39 is 23.8 Å². The largest absolute Gasteiger partial charge is 0.481 e. The maximum absolute atomic E-state index is 12.7. The van der Waals surface area contributed by atoms with Crippen molar-refractivity contribution in [3.8, 4) is 0 Å². The second-order valence-corrected chi connectivity index (χ2v) is 5.22. The predicted octanol–water partition coefficient (Wildman–Crippen LogP) is 2.90. The predicted molar refractivity (Wildman–Crippen MR) is 64.2 cm³/mol. The molecule has 0 radical (unpaired) electrons. The van der Waals surface area contributed by atoms with Crippen LogP contribution in [0.25, 0.3) is 0 Å². The van der Waals surface area contributed by atoms with Gasteiger partial charge in [-0.25, -0.2) is 9.97 Å². The summed E-state index contributed by atoms with van der Waals surface area (Å²) in [5.74, 6) is -1.50. The van der Waals surface area contributed by atoms with E-state index in [1.807, 2.05) is 0 Å². The lowest BCUT2D eigenvalue weighted by Gasteiger charge is -2.17. The van der Waals surface area contributed by atoms with E-state index in [0.717, 1.165) is 5.56 Å². The summed E-state index contributed by atoms with van der Waals surface area (Å²) < 4.78 is 38.1. The number of hydrogen-bond donors (Lipinski definition) is 1. The molecular formula is C11H13F3N2O2S. The Balaban J connectivity index is 3.00. The van der Waals surface area contributed by atoms with Crippen LogP contribution in [0.5, 0.6) is 0 Å². The third-order valence-corrected chi connectivity index (χ3v) is 3.70. The number of alkyl halides is 3. The fraction of sp³-hybridized carbons (Fsp3) is 0.545. The first-order chi connectivity index (χ1) is 8.61. The molecule has 0 spiro atoms. The molecule has 0 saturated carbocycles. The van der Waals surface area contributed by atoms with Crippen molar-refractivity contribution in [1.82, 2.24) is 9.97 Å². The number of hydrogen-bond acceptors (Lipinski definition) is 4. The number of carboxylic acid groups (broad SMARTS) is 1. The first kappa shape index (κ1) is 15.7. The number of halogens is 3. The molecule has 4 nitrogen and oxygen atoms in total. The van der Waals surface area contributed by atoms with Crippen molar-refractivity contribution in [2.24, 2.45) is 0 Å². The molecule has 0 amide bonds. The van der Waals surface area contributed by atoms with Gasteiger partial charge in [-0.05, 0) is 26.3 Å². The fourth-order valence-corrected chi connectivity index (χ4v) is 2.30. The van der Waals surface area contributed by atoms with E-state index >= 15 is 0 Å². The molecule has 1 aromatic heterocycles. The molecule has 0 aliphatic rings. The van der Waals surface area contributed by atoms with Crippen molar-refractivity contribution in [3.05, 3.63) is 17.0 Å². The summed E-state index contributed by atoms with van der Waals surface area (Å²) in [6, 6.07) is 0. The summed E-state index contributed by atoms with van der Waals surface area (Å²) in [4.78, 5) is 18.4. The van der Waals surface area contributed by atoms with Crippen molar-refractivity contribution >= 4 is 17.7 Å². The molecule has 0 aromatic carbocycles. The van der Waals surface area contributed by atoms with Crippen LogP contribution in [-0.2, 0) is 4.79 Å². The van der Waals surface area contributed by atoms with Crippen LogP contribution >= 0.6 is 11.8 Å². The first-order valence-corrected chi connectivity index (χ1v) is 6.26. The molecular weight excluding hydrogens is 281 g/mol. The van der Waals surface area contributed by atoms with Crippen LogP contribution in [0.15, 0.2) is 5.16 Å². The number of carbonyl (C=O) groups is 1. The second kappa shape index (κ2) is 5.77. The summed E-state index contributed by atoms with van der Waals surface area (Å²) >= 11 is 0.333. The van der Waals surface area contributed by atoms with E-state index in [4.69, 9.17) is 5.11 Å². The van der Waals surface area contributed by atoms with Gasteiger partial charge in [-0.1, -0.05) is 11.8 Å². The Hall–Kier alpha value is -1.31. The van der Waals surface area contributed by atoms with Crippen molar-refractivity contribution < 1.29 is 23.1 Å². The van der Waals surface area contributed by atoms with E-state index in [-0.39, 0.29) is 5.16 Å². The molecule has 0 saturated heterocycles. The van der Waals surface area contributed by atoms with Crippen LogP contribution < -0.4 is 0 Å². The molecule has 1 heterocycles. The van der Waals surface area contributed by atoms with Gasteiger partial charge in [-0.3, -0.25) is 4.79 Å². The van der Waals surface area contributed by atoms with Crippen LogP contribution in [0.2, 0.25) is 0 Å². The third-order valence-electron chi connectivity index (χ3n) is 2.58. The maximum Gasteiger partial charge on any atom is 0.401 e. The lowest BCUT2D eigenvalue weighted by Crippen LogP contribution is -2.28. The molecule has 1 atom stereocenters. The van der Waals surface area contributed by atoms with Crippen LogP contribution in [0.4, 0.5) is 13.2 Å². The normalized spacial score (nSPS) is 13.4. The third kappa shape index (κ3) is 4.38. The standard InChI is InChI=1S/C11H13F3N2O2S/c1-5-6(2)15-10(16-7(5)3)19-8(4-9(17)18)11(12,13)14/h8H,4H2,1-3H3,(H,17,18). The zero-order valence-electron chi connectivity index (χ0n) is 10.6. The van der Waals surface area contributed by atoms with E-state index in [1.54, 1.807) is 20.8 Å². The van der Waals surface area contributed by atoms with Gasteiger partial charge in [-0.2, -0.15) is 13.2 Å². The second-order valence-electron chi connectivity index (χ2n) is 4.05. The molecule has 19 heavy (non-hydrogen) atoms. The highest BCUT2D eigenvalue weighted by atomic mass is 32.2. The van der Waals surface area contributed by atoms with Gasteiger partial charge in [0.05, 0.1) is 6.42 Å². The Labute approximate surface area is 112 Å². The van der Waals surface area contributed by atoms with Gasteiger partial charge >= 0.3 is 12.1 Å². The molecule has 8 heteroatoms. The lowest BCUT2D eigenvalue weighted by atomic mass is 10.2. The number of rotatable bonds is 4. The Morgan fingerprint density at radius 3 is 2.11 bits per heavy atom. The molecule has 1 rings (SSSR count). The molecule has 0 fully saturated rings. The summed E-state index contributed by atoms with van der Waals surface area (Å²) in [5.41, 5.74) is 1.99. The van der Waals surface area contributed by atoms with E-state index in [9.17, 15) is 18.0 Å². The summed E-state index contributed by atoms with van der Waals surface area (Å²) in [5, 5.41) is 6.42. The molecule has 0 aliphatic heterocycles. The van der Waals surface area contributed by atoms with Gasteiger partial charge in [0.15, 0.2) is 5.16 Å². The minimum absolute atomic E-state index is 0.0517. The van der Waals surface area contributed by atoms with Crippen molar-refractivity contribution in [2.75, 3.05) is 0 Å². The SMILES string of the molecule is Cc1nc(SC(CC(=O)O)C(F)(F)F)nc(C)c1C. The summed E-state index contributed by atoms with van der Waals surface area (Å²) in [6.07, 6.45) is -5.62. The summed E-state index contributed by atoms with van der Waals surface area (Å²) in [6.45, 7) is 5.12. The molecule has 1 unspecified atom stereocenters. The Morgan fingerprint density at radius 2 is 1.74 bits per heavy atom. The first-order valence-electron chi connectivity index (χ1n) is 5.38. The topological polar surface area (TPSA) is 63.1 Å². The zero-order valence-corrected chi connectivity index (χ0v) is 11.4. The van der Waals surface area contributed by atoms with Crippen molar-refractivity contribution in [2.45, 2.75) is 43.8 Å². The van der Waals surface area contributed by atoms with Crippen molar-refractivity contribution in [1.29, 1.82) is 0 Å². The lowest BCUT2D eigenvalue weighted by molar-refractivity contribution is -0.149. The van der Waals surface area contributed by atoms with Gasteiger partial charge < -0.3 is 5.11 Å². The number of thioether (sulfide) groups is 1. The van der Waals surface area contributed by atoms with E-state index in [1.165, 1.54) is 0 Å². The van der Waals surface area contributed by atoms with Crippen LogP contribution in [0.3, 0.4) is 0 Å². The molecule has 0 bridgehead atoms. The maximum atomic E-state index is 12.7. The molecule has 106 valence electrons. The van der Waals surface area contributed by atoms with E-state index in [2.05, 4.69) is 9.97 Å². The van der Waals surface area contributed by atoms with Crippen LogP contribution in [0.1, 0.15) is 23.4 Å². The number of carboxylic acids is 1. The van der Waals surface area contributed by atoms with Gasteiger partial charge in [0.2, 0.25) is 0 Å². The number of nitrogens with zero attached hydrogens (tertiary/aromatic N) is 2. The zero-order chi connectivity index (χ0) is 14.8. The molecule has 1 aromatic rings. The molecule has 1 N–H and O–H groups in total. The van der Waals surface area contributed by atoms with Crippen molar-refractivity contribution in [3.63, 3.8) is 0 Å². The number of aryl methyl sites for hydroxylation is 2. The van der Waals surface area contributed by atoms with Gasteiger partial charge in [0.25, 0.3) is 0 Å². The van der Waals surface area contributed by atoms with Gasteiger partial charge in [0.1, 0.15) is 5.25 Å². The highest BCUT2D eigenvalue weighted by Crippen LogP contribution is 2.36. The average molecular weight is 294 g/mol. The quantitative estimate of drug-likeness (QED) is 0.683. The average Bonchev–Trinajstić information content (AvgIpc) is 2.23. The van der Waals surface area contributed by atoms with Gasteiger partial charge in [0, 0.05) is 11.4 Å². The summed E-state index contributed by atoms with van der Waals surface area (Å²) in [7, 11) is 0. The Bertz CT molecular complexity index is 468.